The minimum atomic E-state index is -2.40. The second-order valence-corrected chi connectivity index (χ2v) is 20.4. The molecular formula is C39H42N4P2. The fourth-order valence-corrected chi connectivity index (χ4v) is 14.0. The number of hydrogen-bond donors (Lipinski definition) is 0. The van der Waals surface area contributed by atoms with E-state index in [1.807, 2.05) is 18.5 Å². The number of aromatic nitrogens is 2. The van der Waals surface area contributed by atoms with Gasteiger partial charge in [-0.15, -0.1) is 0 Å². The molecular weight excluding hydrogens is 586 g/mol. The van der Waals surface area contributed by atoms with E-state index in [1.54, 1.807) is 0 Å². The average Bonchev–Trinajstić information content (AvgIpc) is 3.06. The summed E-state index contributed by atoms with van der Waals surface area (Å²) in [5.74, 6) is 0. The van der Waals surface area contributed by atoms with Gasteiger partial charge in [0.25, 0.3) is 0 Å². The molecule has 1 aliphatic heterocycles. The van der Waals surface area contributed by atoms with Crippen LogP contribution < -0.4 is 31.0 Å². The molecule has 1 unspecified atom stereocenters. The first-order valence-corrected chi connectivity index (χ1v) is 19.9. The summed E-state index contributed by atoms with van der Waals surface area (Å²) in [5.41, 5.74) is 8.05. The van der Waals surface area contributed by atoms with E-state index in [0.29, 0.717) is 11.3 Å². The van der Waals surface area contributed by atoms with E-state index in [1.165, 1.54) is 49.4 Å². The van der Waals surface area contributed by atoms with Crippen molar-refractivity contribution < 1.29 is 0 Å². The summed E-state index contributed by atoms with van der Waals surface area (Å²) < 4.78 is 0. The van der Waals surface area contributed by atoms with Crippen LogP contribution in [-0.4, -0.2) is 42.0 Å². The summed E-state index contributed by atoms with van der Waals surface area (Å²) in [6.45, 7) is 12.2. The van der Waals surface area contributed by atoms with E-state index in [-0.39, 0.29) is 0 Å². The predicted octanol–water partition coefficient (Wildman–Crippen LogP) is 8.21. The van der Waals surface area contributed by atoms with Gasteiger partial charge in [0.15, 0.2) is 0 Å². The van der Waals surface area contributed by atoms with Crippen LogP contribution in [0.5, 0.6) is 0 Å². The molecule has 1 aliphatic rings. The van der Waals surface area contributed by atoms with Crippen molar-refractivity contribution in [3.8, 4) is 0 Å². The maximum absolute atomic E-state index is 4.88. The van der Waals surface area contributed by atoms with Gasteiger partial charge >= 0.3 is 270 Å². The molecule has 0 radical (unpaired) electrons. The SMILES string of the molecule is CC(C)P1c2ccccc2N(C)c2ccccc2[PH](C)(C(C)C)c2cc3ncccc3cc2N(C)c2cc3cccnc3cc21. The molecule has 7 rings (SSSR count). The number of fused-ring (bicyclic) bond motifs is 6. The molecule has 0 spiro atoms. The quantitative estimate of drug-likeness (QED) is 0.181. The zero-order valence-corrected chi connectivity index (χ0v) is 29.2. The molecule has 2 aromatic heterocycles. The van der Waals surface area contributed by atoms with Crippen LogP contribution in [0.2, 0.25) is 0 Å². The van der Waals surface area contributed by atoms with Crippen molar-refractivity contribution in [2.24, 2.45) is 0 Å². The van der Waals surface area contributed by atoms with Gasteiger partial charge in [0, 0.05) is 0 Å². The molecule has 0 aliphatic carbocycles. The number of anilines is 4. The summed E-state index contributed by atoms with van der Waals surface area (Å²) in [6.07, 6.45) is 3.84. The normalized spacial score (nSPS) is 16.9. The van der Waals surface area contributed by atoms with Crippen LogP contribution in [-0.2, 0) is 0 Å². The number of pyridine rings is 2. The van der Waals surface area contributed by atoms with E-state index in [9.17, 15) is 0 Å². The topological polar surface area (TPSA) is 32.3 Å². The fourth-order valence-electron chi connectivity index (χ4n) is 7.23. The Kier molecular flexibility index (Phi) is 7.63. The first kappa shape index (κ1) is 29.8. The average molecular weight is 629 g/mol. The van der Waals surface area contributed by atoms with E-state index < -0.39 is 15.2 Å². The summed E-state index contributed by atoms with van der Waals surface area (Å²) >= 11 is 0. The van der Waals surface area contributed by atoms with Crippen molar-refractivity contribution in [3.63, 3.8) is 0 Å². The number of rotatable bonds is 2. The summed E-state index contributed by atoms with van der Waals surface area (Å²) in [7, 11) is 1.39. The Morgan fingerprint density at radius 3 is 1.82 bits per heavy atom. The first-order chi connectivity index (χ1) is 21.7. The van der Waals surface area contributed by atoms with Gasteiger partial charge in [-0.25, -0.2) is 0 Å². The molecule has 0 saturated heterocycles. The van der Waals surface area contributed by atoms with Crippen molar-refractivity contribution in [1.29, 1.82) is 0 Å². The number of hydrogen-bond acceptors (Lipinski definition) is 4. The molecule has 4 aromatic carbocycles. The third kappa shape index (κ3) is 4.82. The first-order valence-electron chi connectivity index (χ1n) is 15.9. The molecule has 3 heterocycles. The van der Waals surface area contributed by atoms with Crippen LogP contribution in [0.25, 0.3) is 21.8 Å². The van der Waals surface area contributed by atoms with Crippen molar-refractivity contribution in [2.45, 2.75) is 39.0 Å². The number of nitrogens with zero attached hydrogens (tertiary/aromatic N) is 4. The van der Waals surface area contributed by atoms with Crippen LogP contribution in [0.15, 0.2) is 109 Å². The molecule has 6 heteroatoms. The zero-order valence-electron chi connectivity index (χ0n) is 27.3. The number of benzene rings is 4. The summed E-state index contributed by atoms with van der Waals surface area (Å²) in [5, 5.41) is 7.99. The Labute approximate surface area is 269 Å². The Morgan fingerprint density at radius 1 is 0.578 bits per heavy atom. The molecule has 4 nitrogen and oxygen atoms in total. The van der Waals surface area contributed by atoms with E-state index in [0.717, 1.165) is 16.4 Å². The standard InChI is InChI=1S/C39H42N4P2/c1-26(2)44-36-18-10-8-16-32(36)42(5)33-17-9-11-19-38(33)45(7,27(3)4)39-25-31-29(15-13-21-41-31)23-35(39)43(6)34-22-28-14-12-20-40-30(28)24-37(34)44/h8-27,45H,1-7H3. The molecule has 6 aromatic rings. The van der Waals surface area contributed by atoms with Gasteiger partial charge < -0.3 is 0 Å². The van der Waals surface area contributed by atoms with Crippen molar-refractivity contribution in [1.82, 2.24) is 9.97 Å². The maximum atomic E-state index is 4.88. The number of para-hydroxylation sites is 2. The van der Waals surface area contributed by atoms with Gasteiger partial charge in [-0.1, -0.05) is 0 Å². The summed E-state index contributed by atoms with van der Waals surface area (Å²) in [4.78, 5) is 14.7. The molecule has 0 N–H and O–H groups in total. The van der Waals surface area contributed by atoms with Gasteiger partial charge in [-0.05, 0) is 0 Å². The molecule has 0 saturated carbocycles. The van der Waals surface area contributed by atoms with Crippen LogP contribution >= 0.6 is 15.2 Å². The molecule has 0 amide bonds. The van der Waals surface area contributed by atoms with Gasteiger partial charge in [0.1, 0.15) is 0 Å². The Morgan fingerprint density at radius 2 is 1.16 bits per heavy atom. The molecule has 0 bridgehead atoms. The van der Waals surface area contributed by atoms with Crippen LogP contribution in [0.1, 0.15) is 27.7 Å². The van der Waals surface area contributed by atoms with E-state index in [4.69, 9.17) is 9.97 Å². The van der Waals surface area contributed by atoms with Crippen molar-refractivity contribution >= 4 is 81.0 Å². The summed E-state index contributed by atoms with van der Waals surface area (Å²) in [6, 6.07) is 36.3. The third-order valence-electron chi connectivity index (χ3n) is 9.96. The van der Waals surface area contributed by atoms with Gasteiger partial charge in [0.05, 0.1) is 0 Å². The molecule has 1 atom stereocenters. The molecule has 0 fully saturated rings. The second kappa shape index (κ2) is 11.5. The van der Waals surface area contributed by atoms with Crippen LogP contribution in [0.4, 0.5) is 22.7 Å². The van der Waals surface area contributed by atoms with Crippen molar-refractivity contribution in [3.05, 3.63) is 109 Å². The fraction of sp³-hybridized carbons (Fsp3) is 0.231. The monoisotopic (exact) mass is 628 g/mol. The van der Waals surface area contributed by atoms with E-state index >= 15 is 0 Å². The Hall–Kier alpha value is -3.84. The third-order valence-corrected chi connectivity index (χ3v) is 18.1. The van der Waals surface area contributed by atoms with Gasteiger partial charge in [0.2, 0.25) is 0 Å². The zero-order chi connectivity index (χ0) is 31.5. The second-order valence-electron chi connectivity index (χ2n) is 13.0. The van der Waals surface area contributed by atoms with E-state index in [2.05, 4.69) is 149 Å². The van der Waals surface area contributed by atoms with Gasteiger partial charge in [-0.2, -0.15) is 0 Å². The Balaban J connectivity index is 1.68. The Bertz CT molecular complexity index is 2060. The van der Waals surface area contributed by atoms with Crippen LogP contribution in [0, 0.1) is 0 Å². The molecule has 45 heavy (non-hydrogen) atoms. The molecule has 228 valence electrons. The minimum absolute atomic E-state index is 0.414. The van der Waals surface area contributed by atoms with Crippen molar-refractivity contribution in [2.75, 3.05) is 30.6 Å². The van der Waals surface area contributed by atoms with Crippen LogP contribution in [0.3, 0.4) is 0 Å². The predicted molar refractivity (Wildman–Crippen MR) is 202 cm³/mol. The van der Waals surface area contributed by atoms with Gasteiger partial charge in [-0.3, -0.25) is 0 Å².